The Morgan fingerprint density at radius 1 is 0.667 bits per heavy atom. The van der Waals surface area contributed by atoms with Crippen LogP contribution in [0.15, 0.2) is 84.9 Å². The number of non-ortho nitro benzene ring substituents is 1. The molecule has 0 aliphatic carbocycles. The van der Waals surface area contributed by atoms with E-state index >= 15 is 0 Å². The van der Waals surface area contributed by atoms with Gasteiger partial charge in [0.25, 0.3) is 5.69 Å². The van der Waals surface area contributed by atoms with Gasteiger partial charge in [-0.1, -0.05) is 48.5 Å². The second-order valence-electron chi connectivity index (χ2n) is 7.16. The van der Waals surface area contributed by atoms with Crippen LogP contribution in [0.5, 0.6) is 0 Å². The number of nitro groups is 3. The molecule has 11 nitrogen and oxygen atoms in total. The fourth-order valence-electron chi connectivity index (χ4n) is 3.90. The van der Waals surface area contributed by atoms with Crippen LogP contribution in [0.25, 0.3) is 10.8 Å². The Balaban J connectivity index is 2.23. The number of nitrogens with zero attached hydrogens (tertiary/aromatic N) is 4. The lowest BCUT2D eigenvalue weighted by atomic mass is 10.0. The quantitative estimate of drug-likeness (QED) is 0.180. The molecule has 1 unspecified atom stereocenters. The zero-order chi connectivity index (χ0) is 23.8. The van der Waals surface area contributed by atoms with E-state index < -0.39 is 42.1 Å². The van der Waals surface area contributed by atoms with Gasteiger partial charge in [0.1, 0.15) is 12.1 Å². The monoisotopic (exact) mass is 446 g/mol. The van der Waals surface area contributed by atoms with E-state index in [4.69, 9.17) is 5.84 Å². The van der Waals surface area contributed by atoms with Crippen molar-refractivity contribution in [2.24, 2.45) is 5.84 Å². The van der Waals surface area contributed by atoms with E-state index in [1.54, 1.807) is 60.7 Å². The van der Waals surface area contributed by atoms with E-state index in [0.717, 1.165) is 5.39 Å². The molecule has 0 bridgehead atoms. The summed E-state index contributed by atoms with van der Waals surface area (Å²) in [6.45, 7) is 0. The van der Waals surface area contributed by atoms with Gasteiger partial charge < -0.3 is 0 Å². The third kappa shape index (κ3) is 3.52. The largest absolute Gasteiger partial charge is 0.346 e. The topological polar surface area (TPSA) is 155 Å². The smallest absolute Gasteiger partial charge is 0.258 e. The highest BCUT2D eigenvalue weighted by Gasteiger charge is 2.48. The van der Waals surface area contributed by atoms with Crippen LogP contribution in [0.3, 0.4) is 0 Å². The van der Waals surface area contributed by atoms with Gasteiger partial charge in [0.15, 0.2) is 11.4 Å². The predicted octanol–water partition coefficient (Wildman–Crippen LogP) is 5.41. The van der Waals surface area contributed by atoms with Crippen LogP contribution in [-0.2, 0) is 0 Å². The van der Waals surface area contributed by atoms with E-state index in [1.165, 1.54) is 0 Å². The van der Waals surface area contributed by atoms with E-state index in [-0.39, 0.29) is 5.69 Å². The summed E-state index contributed by atoms with van der Waals surface area (Å²) in [6, 6.07) is 21.8. The number of fused-ring (bicyclic) bond motifs is 1. The highest BCUT2D eigenvalue weighted by atomic mass is 16.6. The fourth-order valence-corrected chi connectivity index (χ4v) is 3.90. The Labute approximate surface area is 185 Å². The first-order valence-electron chi connectivity index (χ1n) is 9.58. The van der Waals surface area contributed by atoms with Gasteiger partial charge >= 0.3 is 17.1 Å². The van der Waals surface area contributed by atoms with Gasteiger partial charge in [0.2, 0.25) is 0 Å². The van der Waals surface area contributed by atoms with Gasteiger partial charge in [-0.3, -0.25) is 30.3 Å². The standard InChI is InChI=1S/C22H16N5O6/c23-27(17-9-2-1-3-10-17,21-12-6-8-15-7-4-5-11-18(15)21)22-19(25(30)31)13-16(24(28)29)14-20(22)26(32)33/h1-14H,23H2/q+1. The van der Waals surface area contributed by atoms with Crippen molar-refractivity contribution in [3.8, 4) is 0 Å². The molecule has 0 aromatic heterocycles. The number of hydrogen-bond donors (Lipinski definition) is 1. The van der Waals surface area contributed by atoms with Crippen LogP contribution in [0.4, 0.5) is 34.1 Å². The number of benzene rings is 4. The molecule has 164 valence electrons. The van der Waals surface area contributed by atoms with Crippen LogP contribution in [-0.4, -0.2) is 14.8 Å². The second-order valence-corrected chi connectivity index (χ2v) is 7.16. The molecule has 0 spiro atoms. The van der Waals surface area contributed by atoms with Gasteiger partial charge in [-0.25, -0.2) is 0 Å². The molecule has 0 fully saturated rings. The van der Waals surface area contributed by atoms with Crippen molar-refractivity contribution in [1.82, 2.24) is 4.59 Å². The minimum atomic E-state index is -0.952. The highest BCUT2D eigenvalue weighted by molar-refractivity contribution is 5.98. The van der Waals surface area contributed by atoms with Crippen molar-refractivity contribution in [2.45, 2.75) is 0 Å². The average molecular weight is 446 g/mol. The summed E-state index contributed by atoms with van der Waals surface area (Å²) >= 11 is 0. The van der Waals surface area contributed by atoms with Crippen molar-refractivity contribution in [3.05, 3.63) is 115 Å². The van der Waals surface area contributed by atoms with Crippen molar-refractivity contribution in [3.63, 3.8) is 0 Å². The van der Waals surface area contributed by atoms with E-state index in [0.29, 0.717) is 23.2 Å². The molecule has 0 aliphatic heterocycles. The summed E-state index contributed by atoms with van der Waals surface area (Å²) in [4.78, 5) is 32.7. The first kappa shape index (κ1) is 21.5. The minimum absolute atomic E-state index is 0.286. The van der Waals surface area contributed by atoms with Crippen LogP contribution in [0.1, 0.15) is 0 Å². The summed E-state index contributed by atoms with van der Waals surface area (Å²) in [5, 5.41) is 36.8. The molecule has 0 radical (unpaired) electrons. The summed E-state index contributed by atoms with van der Waals surface area (Å²) < 4.78 is -0.952. The van der Waals surface area contributed by atoms with Gasteiger partial charge in [-0.2, -0.15) is 5.84 Å². The highest BCUT2D eigenvalue weighted by Crippen LogP contribution is 2.52. The van der Waals surface area contributed by atoms with Crippen molar-refractivity contribution >= 4 is 44.9 Å². The lowest BCUT2D eigenvalue weighted by Crippen LogP contribution is -2.47. The molecule has 4 aromatic rings. The van der Waals surface area contributed by atoms with Crippen LogP contribution in [0, 0.1) is 30.3 Å². The second kappa shape index (κ2) is 8.07. The third-order valence-corrected chi connectivity index (χ3v) is 5.32. The molecule has 0 saturated carbocycles. The van der Waals surface area contributed by atoms with Crippen molar-refractivity contribution in [1.29, 1.82) is 0 Å². The summed E-state index contributed by atoms with van der Waals surface area (Å²) in [6.07, 6.45) is 0. The van der Waals surface area contributed by atoms with Crippen molar-refractivity contribution < 1.29 is 14.8 Å². The third-order valence-electron chi connectivity index (χ3n) is 5.32. The zero-order valence-corrected chi connectivity index (χ0v) is 16.9. The lowest BCUT2D eigenvalue weighted by molar-refractivity contribution is -0.402. The number of nitro benzene ring substituents is 3. The minimum Gasteiger partial charge on any atom is -0.258 e. The maximum atomic E-state index is 12.0. The number of quaternary nitrogens is 1. The Morgan fingerprint density at radius 2 is 1.21 bits per heavy atom. The molecule has 2 N–H and O–H groups in total. The van der Waals surface area contributed by atoms with Gasteiger partial charge in [-0.05, 0) is 11.5 Å². The number of hydrogen-bond acceptors (Lipinski definition) is 7. The Bertz CT molecular complexity index is 1390. The summed E-state index contributed by atoms with van der Waals surface area (Å²) in [5.41, 5.74) is -2.36. The van der Waals surface area contributed by atoms with Crippen LogP contribution < -0.4 is 10.4 Å². The predicted molar refractivity (Wildman–Crippen MR) is 122 cm³/mol. The lowest BCUT2D eigenvalue weighted by Gasteiger charge is -2.31. The van der Waals surface area contributed by atoms with E-state index in [9.17, 15) is 30.3 Å². The first-order valence-corrected chi connectivity index (χ1v) is 9.58. The number of rotatable bonds is 6. The van der Waals surface area contributed by atoms with Crippen molar-refractivity contribution in [2.75, 3.05) is 0 Å². The molecule has 0 saturated heterocycles. The molecule has 4 rings (SSSR count). The molecule has 0 amide bonds. The normalized spacial score (nSPS) is 12.8. The summed E-state index contributed by atoms with van der Waals surface area (Å²) in [7, 11) is 0. The van der Waals surface area contributed by atoms with E-state index in [2.05, 4.69) is 0 Å². The molecule has 1 atom stereocenters. The average Bonchev–Trinajstić information content (AvgIpc) is 2.82. The van der Waals surface area contributed by atoms with Gasteiger partial charge in [0, 0.05) is 23.6 Å². The maximum Gasteiger partial charge on any atom is 0.346 e. The van der Waals surface area contributed by atoms with Gasteiger partial charge in [-0.15, -0.1) is 4.59 Å². The molecule has 33 heavy (non-hydrogen) atoms. The fraction of sp³-hybridized carbons (Fsp3) is 0. The molecular weight excluding hydrogens is 430 g/mol. The van der Waals surface area contributed by atoms with Crippen LogP contribution >= 0.6 is 0 Å². The zero-order valence-electron chi connectivity index (χ0n) is 16.9. The first-order chi connectivity index (χ1) is 15.7. The number of para-hydroxylation sites is 1. The molecule has 11 heteroatoms. The summed E-state index contributed by atoms with van der Waals surface area (Å²) in [5.74, 6) is 6.89. The SMILES string of the molecule is N[N+](c1ccccc1)(c1c([N+](=O)[O-])cc([N+](=O)[O-])cc1[N+](=O)[O-])c1cccc2ccccc12. The molecular formula is C22H16N5O6+. The van der Waals surface area contributed by atoms with Crippen LogP contribution in [0.2, 0.25) is 0 Å². The Hall–Kier alpha value is -4.74. The number of nitrogens with two attached hydrogens (primary N) is 1. The van der Waals surface area contributed by atoms with E-state index in [1.807, 2.05) is 12.1 Å². The van der Waals surface area contributed by atoms with Gasteiger partial charge in [0.05, 0.1) is 14.8 Å². The molecule has 0 aliphatic rings. The molecule has 4 aromatic carbocycles. The maximum absolute atomic E-state index is 12.0. The Morgan fingerprint density at radius 3 is 1.79 bits per heavy atom. The molecule has 0 heterocycles. The Kier molecular flexibility index (Phi) is 5.26.